The predicted octanol–water partition coefficient (Wildman–Crippen LogP) is -1.31. The molecule has 1 rings (SSSR count). The van der Waals surface area contributed by atoms with E-state index in [1.165, 1.54) is 0 Å². The van der Waals surface area contributed by atoms with Crippen molar-refractivity contribution in [3.8, 4) is 0 Å². The normalized spacial score (nSPS) is 38.6. The third kappa shape index (κ3) is 3.24. The molecule has 7 nitrogen and oxygen atoms in total. The minimum Gasteiger partial charge on any atom is -0.394 e. The highest BCUT2D eigenvalue weighted by molar-refractivity contribution is 7.52. The van der Waals surface area contributed by atoms with Gasteiger partial charge in [-0.1, -0.05) is 0 Å². The highest BCUT2D eigenvalue weighted by atomic mass is 31.2. The molecule has 1 saturated heterocycles. The van der Waals surface area contributed by atoms with E-state index in [-0.39, 0.29) is 6.61 Å². The van der Waals surface area contributed by atoms with Gasteiger partial charge in [-0.3, -0.25) is 4.57 Å². The molecular formula is C8H17O7P. The first-order valence-corrected chi connectivity index (χ1v) is 6.76. The van der Waals surface area contributed by atoms with Crippen LogP contribution in [-0.2, 0) is 13.8 Å². The van der Waals surface area contributed by atoms with Gasteiger partial charge >= 0.3 is 7.60 Å². The summed E-state index contributed by atoms with van der Waals surface area (Å²) < 4.78 is 21.1. The van der Waals surface area contributed by atoms with Crippen molar-refractivity contribution in [2.45, 2.75) is 31.3 Å². The van der Waals surface area contributed by atoms with E-state index in [0.717, 1.165) is 0 Å². The Balaban J connectivity index is 2.59. The molecular weight excluding hydrogens is 239 g/mol. The van der Waals surface area contributed by atoms with Crippen molar-refractivity contribution < 1.29 is 34.0 Å². The fraction of sp³-hybridized carbons (Fsp3) is 1.00. The number of aliphatic hydroxyl groups excluding tert-OH is 3. The molecule has 1 aliphatic heterocycles. The summed E-state index contributed by atoms with van der Waals surface area (Å²) in [6.07, 6.45) is -4.89. The van der Waals surface area contributed by atoms with Gasteiger partial charge in [0.15, 0.2) is 0 Å². The maximum atomic E-state index is 11.4. The number of ether oxygens (including phenoxy) is 1. The molecule has 1 heterocycles. The summed E-state index contributed by atoms with van der Waals surface area (Å²) in [4.78, 5) is 9.34. The molecule has 0 aromatic heterocycles. The molecule has 96 valence electrons. The van der Waals surface area contributed by atoms with E-state index in [0.29, 0.717) is 0 Å². The van der Waals surface area contributed by atoms with E-state index in [1.807, 2.05) is 0 Å². The molecule has 1 aliphatic rings. The standard InChI is InChI=1S/C8H17O7P/c1-2-14-16(12,13)4-6-8(11)7(10)5(3-9)15-6/h5-11H,2-4H2,1H3,(H,12,13)/t5-,6-,7-,8-/m1/s1. The largest absolute Gasteiger partial charge is 0.394 e. The summed E-state index contributed by atoms with van der Waals surface area (Å²) in [5, 5.41) is 27.7. The predicted molar refractivity (Wildman–Crippen MR) is 54.1 cm³/mol. The number of aliphatic hydroxyl groups is 3. The molecule has 0 saturated carbocycles. The summed E-state index contributed by atoms with van der Waals surface area (Å²) in [6, 6.07) is 0. The fourth-order valence-electron chi connectivity index (χ4n) is 1.61. The fourth-order valence-corrected chi connectivity index (χ4v) is 2.87. The van der Waals surface area contributed by atoms with Gasteiger partial charge in [0.25, 0.3) is 0 Å². The molecule has 4 N–H and O–H groups in total. The van der Waals surface area contributed by atoms with Crippen LogP contribution in [0.4, 0.5) is 0 Å². The van der Waals surface area contributed by atoms with E-state index in [1.54, 1.807) is 6.92 Å². The van der Waals surface area contributed by atoms with Gasteiger partial charge in [0.1, 0.15) is 18.3 Å². The molecule has 16 heavy (non-hydrogen) atoms. The Morgan fingerprint density at radius 3 is 2.31 bits per heavy atom. The van der Waals surface area contributed by atoms with Gasteiger partial charge in [-0.05, 0) is 6.92 Å². The van der Waals surface area contributed by atoms with Crippen LogP contribution >= 0.6 is 7.60 Å². The maximum absolute atomic E-state index is 11.4. The molecule has 5 atom stereocenters. The van der Waals surface area contributed by atoms with Crippen LogP contribution in [0.25, 0.3) is 0 Å². The molecule has 0 radical (unpaired) electrons. The summed E-state index contributed by atoms with van der Waals surface area (Å²) in [5.74, 6) is 0. The van der Waals surface area contributed by atoms with Gasteiger partial charge in [0.05, 0.1) is 25.5 Å². The smallest absolute Gasteiger partial charge is 0.330 e. The molecule has 0 bridgehead atoms. The first-order valence-electron chi connectivity index (χ1n) is 5.00. The number of rotatable bonds is 5. The van der Waals surface area contributed by atoms with Crippen molar-refractivity contribution in [3.63, 3.8) is 0 Å². The number of hydrogen-bond donors (Lipinski definition) is 4. The van der Waals surface area contributed by atoms with Crippen LogP contribution in [0.2, 0.25) is 0 Å². The summed E-state index contributed by atoms with van der Waals surface area (Å²) in [7, 11) is -3.82. The molecule has 8 heteroatoms. The summed E-state index contributed by atoms with van der Waals surface area (Å²) in [6.45, 7) is 1.18. The van der Waals surface area contributed by atoms with E-state index in [4.69, 9.17) is 9.84 Å². The van der Waals surface area contributed by atoms with Gasteiger partial charge in [-0.25, -0.2) is 0 Å². The topological polar surface area (TPSA) is 116 Å². The Bertz CT molecular complexity index is 271. The zero-order valence-corrected chi connectivity index (χ0v) is 9.79. The van der Waals surface area contributed by atoms with Crippen molar-refractivity contribution >= 4 is 7.60 Å². The molecule has 0 aromatic rings. The Morgan fingerprint density at radius 1 is 1.31 bits per heavy atom. The quantitative estimate of drug-likeness (QED) is 0.451. The van der Waals surface area contributed by atoms with E-state index in [9.17, 15) is 19.7 Å². The highest BCUT2D eigenvalue weighted by Crippen LogP contribution is 2.44. The average Bonchev–Trinajstić information content (AvgIpc) is 2.45. The third-order valence-corrected chi connectivity index (χ3v) is 3.87. The van der Waals surface area contributed by atoms with Crippen molar-refractivity contribution in [3.05, 3.63) is 0 Å². The zero-order chi connectivity index (χ0) is 12.3. The van der Waals surface area contributed by atoms with Crippen molar-refractivity contribution in [2.75, 3.05) is 19.4 Å². The van der Waals surface area contributed by atoms with Gasteiger partial charge in [-0.2, -0.15) is 0 Å². The molecule has 0 aromatic carbocycles. The van der Waals surface area contributed by atoms with Crippen LogP contribution in [0.15, 0.2) is 0 Å². The minimum absolute atomic E-state index is 0.0720. The van der Waals surface area contributed by atoms with Crippen molar-refractivity contribution in [1.82, 2.24) is 0 Å². The molecule has 1 fully saturated rings. The van der Waals surface area contributed by atoms with E-state index >= 15 is 0 Å². The lowest BCUT2D eigenvalue weighted by molar-refractivity contribution is -0.0174. The average molecular weight is 256 g/mol. The lowest BCUT2D eigenvalue weighted by Crippen LogP contribution is -2.34. The van der Waals surface area contributed by atoms with Gasteiger partial charge < -0.3 is 29.5 Å². The van der Waals surface area contributed by atoms with Crippen LogP contribution in [0.3, 0.4) is 0 Å². The molecule has 0 aliphatic carbocycles. The second-order valence-electron chi connectivity index (χ2n) is 3.61. The zero-order valence-electron chi connectivity index (χ0n) is 8.89. The Morgan fingerprint density at radius 2 is 1.88 bits per heavy atom. The first kappa shape index (κ1) is 14.1. The Labute approximate surface area is 93.2 Å². The monoisotopic (exact) mass is 256 g/mol. The summed E-state index contributed by atoms with van der Waals surface area (Å²) in [5.41, 5.74) is 0. The van der Waals surface area contributed by atoms with Gasteiger partial charge in [-0.15, -0.1) is 0 Å². The van der Waals surface area contributed by atoms with Crippen LogP contribution in [0.5, 0.6) is 0 Å². The third-order valence-electron chi connectivity index (χ3n) is 2.38. The van der Waals surface area contributed by atoms with E-state index < -0.39 is 44.8 Å². The first-order chi connectivity index (χ1) is 7.41. The number of hydrogen-bond acceptors (Lipinski definition) is 6. The second kappa shape index (κ2) is 5.55. The molecule has 0 amide bonds. The SMILES string of the molecule is CCOP(=O)(O)C[C@H]1O[C@H](CO)[C@@H](O)[C@@H]1O. The maximum Gasteiger partial charge on any atom is 0.330 e. The lowest BCUT2D eigenvalue weighted by Gasteiger charge is -2.17. The molecule has 0 spiro atoms. The van der Waals surface area contributed by atoms with Gasteiger partial charge in [0.2, 0.25) is 0 Å². The van der Waals surface area contributed by atoms with Crippen LogP contribution < -0.4 is 0 Å². The lowest BCUT2D eigenvalue weighted by atomic mass is 10.1. The molecule has 1 unspecified atom stereocenters. The minimum atomic E-state index is -3.82. The van der Waals surface area contributed by atoms with Crippen molar-refractivity contribution in [1.29, 1.82) is 0 Å². The van der Waals surface area contributed by atoms with Crippen LogP contribution in [-0.4, -0.2) is 64.0 Å². The highest BCUT2D eigenvalue weighted by Gasteiger charge is 2.45. The van der Waals surface area contributed by atoms with E-state index in [2.05, 4.69) is 4.52 Å². The van der Waals surface area contributed by atoms with Crippen LogP contribution in [0.1, 0.15) is 6.92 Å². The Hall–Kier alpha value is -0.0100. The van der Waals surface area contributed by atoms with Gasteiger partial charge in [0, 0.05) is 0 Å². The Kier molecular flexibility index (Phi) is 4.88. The summed E-state index contributed by atoms with van der Waals surface area (Å²) >= 11 is 0. The second-order valence-corrected chi connectivity index (χ2v) is 5.51. The van der Waals surface area contributed by atoms with Crippen LogP contribution in [0, 0.1) is 0 Å². The van der Waals surface area contributed by atoms with Crippen molar-refractivity contribution in [2.24, 2.45) is 0 Å².